The van der Waals surface area contributed by atoms with Gasteiger partial charge in [0.15, 0.2) is 9.84 Å². The van der Waals surface area contributed by atoms with Crippen LogP contribution in [0.25, 0.3) is 0 Å². The highest BCUT2D eigenvalue weighted by Gasteiger charge is 2.36. The van der Waals surface area contributed by atoms with Crippen LogP contribution in [0.15, 0.2) is 53.4 Å². The predicted octanol–water partition coefficient (Wildman–Crippen LogP) is 3.34. The number of hydrogen-bond acceptors (Lipinski definition) is 3. The number of aryl methyl sites for hydroxylation is 1. The Kier molecular flexibility index (Phi) is 4.65. The number of hydrogen-bond donors (Lipinski definition) is 0. The van der Waals surface area contributed by atoms with Crippen LogP contribution in [0.3, 0.4) is 0 Å². The largest absolute Gasteiger partial charge is 0.337 e. The van der Waals surface area contributed by atoms with Gasteiger partial charge in [-0.1, -0.05) is 29.3 Å². The molecule has 1 heterocycles. The van der Waals surface area contributed by atoms with Crippen LogP contribution in [0.2, 0.25) is 5.02 Å². The molecule has 0 spiro atoms. The standard InChI is InChI=1S/C18H18ClNO3S/c1-13-3-2-4-14(11-13)18(21)20-10-9-17(12-20)24(22,23)16-7-5-15(19)6-8-16/h2-8,11,17H,9-10,12H2,1H3. The molecule has 4 nitrogen and oxygen atoms in total. The quantitative estimate of drug-likeness (QED) is 0.840. The molecule has 0 radical (unpaired) electrons. The summed E-state index contributed by atoms with van der Waals surface area (Å²) in [5, 5.41) is -0.0796. The van der Waals surface area contributed by atoms with Gasteiger partial charge in [0.05, 0.1) is 10.1 Å². The summed E-state index contributed by atoms with van der Waals surface area (Å²) < 4.78 is 25.4. The summed E-state index contributed by atoms with van der Waals surface area (Å²) in [6, 6.07) is 13.5. The molecule has 6 heteroatoms. The number of nitrogens with zero attached hydrogens (tertiary/aromatic N) is 1. The lowest BCUT2D eigenvalue weighted by molar-refractivity contribution is 0.0793. The van der Waals surface area contributed by atoms with Crippen LogP contribution in [0.4, 0.5) is 0 Å². The van der Waals surface area contributed by atoms with Crippen LogP contribution in [-0.4, -0.2) is 37.6 Å². The van der Waals surface area contributed by atoms with E-state index in [4.69, 9.17) is 11.6 Å². The van der Waals surface area contributed by atoms with Gasteiger partial charge in [-0.2, -0.15) is 0 Å². The fourth-order valence-electron chi connectivity index (χ4n) is 2.94. The van der Waals surface area contributed by atoms with E-state index in [0.717, 1.165) is 5.56 Å². The molecule has 1 aliphatic rings. The van der Waals surface area contributed by atoms with Gasteiger partial charge < -0.3 is 4.90 Å². The number of carbonyl (C=O) groups is 1. The molecule has 3 rings (SSSR count). The van der Waals surface area contributed by atoms with E-state index in [1.165, 1.54) is 12.1 Å². The molecule has 0 aromatic heterocycles. The van der Waals surface area contributed by atoms with Crippen molar-refractivity contribution in [2.75, 3.05) is 13.1 Å². The second kappa shape index (κ2) is 6.57. The van der Waals surface area contributed by atoms with Crippen molar-refractivity contribution in [1.29, 1.82) is 0 Å². The second-order valence-electron chi connectivity index (χ2n) is 6.03. The van der Waals surface area contributed by atoms with E-state index in [-0.39, 0.29) is 17.3 Å². The van der Waals surface area contributed by atoms with Gasteiger partial charge in [0.1, 0.15) is 0 Å². The molecule has 1 fully saturated rings. The number of amides is 1. The summed E-state index contributed by atoms with van der Waals surface area (Å²) in [7, 11) is -3.46. The number of sulfone groups is 1. The molecule has 2 aromatic carbocycles. The molecule has 0 N–H and O–H groups in total. The highest BCUT2D eigenvalue weighted by molar-refractivity contribution is 7.92. The lowest BCUT2D eigenvalue weighted by atomic mass is 10.1. The minimum absolute atomic E-state index is 0.118. The van der Waals surface area contributed by atoms with Gasteiger partial charge in [0.2, 0.25) is 0 Å². The molecule has 1 aliphatic heterocycles. The van der Waals surface area contributed by atoms with Crippen LogP contribution in [0.5, 0.6) is 0 Å². The minimum atomic E-state index is -3.46. The number of carbonyl (C=O) groups excluding carboxylic acids is 1. The Morgan fingerprint density at radius 3 is 2.54 bits per heavy atom. The van der Waals surface area contributed by atoms with Gasteiger partial charge in [0, 0.05) is 23.7 Å². The first-order valence-electron chi connectivity index (χ1n) is 7.73. The maximum atomic E-state index is 12.7. The van der Waals surface area contributed by atoms with Gasteiger partial charge >= 0.3 is 0 Å². The van der Waals surface area contributed by atoms with E-state index < -0.39 is 15.1 Å². The minimum Gasteiger partial charge on any atom is -0.337 e. The summed E-state index contributed by atoms with van der Waals surface area (Å²) in [6.07, 6.45) is 0.447. The van der Waals surface area contributed by atoms with Crippen molar-refractivity contribution in [2.45, 2.75) is 23.5 Å². The molecule has 1 atom stereocenters. The molecule has 0 aliphatic carbocycles. The lowest BCUT2D eigenvalue weighted by Gasteiger charge is -2.17. The molecule has 24 heavy (non-hydrogen) atoms. The maximum absolute atomic E-state index is 12.7. The van der Waals surface area contributed by atoms with Gasteiger partial charge in [0.25, 0.3) is 5.91 Å². The molecule has 1 unspecified atom stereocenters. The second-order valence-corrected chi connectivity index (χ2v) is 8.69. The summed E-state index contributed by atoms with van der Waals surface area (Å²) >= 11 is 5.82. The van der Waals surface area contributed by atoms with Crippen molar-refractivity contribution in [3.63, 3.8) is 0 Å². The lowest BCUT2D eigenvalue weighted by Crippen LogP contribution is -2.32. The Labute approximate surface area is 147 Å². The van der Waals surface area contributed by atoms with Crippen LogP contribution in [0.1, 0.15) is 22.3 Å². The third kappa shape index (κ3) is 3.32. The summed E-state index contributed by atoms with van der Waals surface area (Å²) in [5.41, 5.74) is 1.60. The van der Waals surface area contributed by atoms with Crippen LogP contribution < -0.4 is 0 Å². The van der Waals surface area contributed by atoms with Crippen LogP contribution in [-0.2, 0) is 9.84 Å². The zero-order chi connectivity index (χ0) is 17.3. The van der Waals surface area contributed by atoms with E-state index in [0.29, 0.717) is 23.6 Å². The van der Waals surface area contributed by atoms with Gasteiger partial charge in [-0.15, -0.1) is 0 Å². The maximum Gasteiger partial charge on any atom is 0.253 e. The zero-order valence-electron chi connectivity index (χ0n) is 13.3. The predicted molar refractivity (Wildman–Crippen MR) is 94.1 cm³/mol. The molecule has 0 bridgehead atoms. The highest BCUT2D eigenvalue weighted by Crippen LogP contribution is 2.26. The average molecular weight is 364 g/mol. The van der Waals surface area contributed by atoms with Gasteiger partial charge in [-0.05, 0) is 49.7 Å². The first-order valence-corrected chi connectivity index (χ1v) is 9.66. The molecule has 2 aromatic rings. The van der Waals surface area contributed by atoms with Crippen molar-refractivity contribution in [3.05, 3.63) is 64.7 Å². The van der Waals surface area contributed by atoms with Crippen molar-refractivity contribution >= 4 is 27.3 Å². The Bertz CT molecular complexity index is 862. The number of likely N-dealkylation sites (tertiary alicyclic amines) is 1. The fraction of sp³-hybridized carbons (Fsp3) is 0.278. The van der Waals surface area contributed by atoms with E-state index in [1.54, 1.807) is 23.1 Å². The smallest absolute Gasteiger partial charge is 0.253 e. The highest BCUT2D eigenvalue weighted by atomic mass is 35.5. The molecule has 126 valence electrons. The molecule has 0 saturated carbocycles. The summed E-state index contributed by atoms with van der Waals surface area (Å²) in [4.78, 5) is 14.4. The molecular formula is C18H18ClNO3S. The van der Waals surface area contributed by atoms with Crippen molar-refractivity contribution < 1.29 is 13.2 Å². The number of halogens is 1. The molecular weight excluding hydrogens is 346 g/mol. The molecule has 1 amide bonds. The van der Waals surface area contributed by atoms with Gasteiger partial charge in [-0.3, -0.25) is 4.79 Å². The first-order chi connectivity index (χ1) is 11.4. The SMILES string of the molecule is Cc1cccc(C(=O)N2CCC(S(=O)(=O)c3ccc(Cl)cc3)C2)c1. The average Bonchev–Trinajstić information content (AvgIpc) is 3.05. The summed E-state index contributed by atoms with van der Waals surface area (Å²) in [5.74, 6) is -0.118. The van der Waals surface area contributed by atoms with E-state index in [2.05, 4.69) is 0 Å². The van der Waals surface area contributed by atoms with Gasteiger partial charge in [-0.25, -0.2) is 8.42 Å². The normalized spacial score (nSPS) is 17.9. The van der Waals surface area contributed by atoms with Crippen molar-refractivity contribution in [3.8, 4) is 0 Å². The Hall–Kier alpha value is -1.85. The Balaban J connectivity index is 1.77. The Morgan fingerprint density at radius 2 is 1.88 bits per heavy atom. The fourth-order valence-corrected chi connectivity index (χ4v) is 4.76. The van der Waals surface area contributed by atoms with E-state index in [9.17, 15) is 13.2 Å². The summed E-state index contributed by atoms with van der Waals surface area (Å²) in [6.45, 7) is 2.59. The monoisotopic (exact) mass is 363 g/mol. The van der Waals surface area contributed by atoms with Crippen LogP contribution >= 0.6 is 11.6 Å². The van der Waals surface area contributed by atoms with E-state index >= 15 is 0 Å². The number of benzene rings is 2. The third-order valence-corrected chi connectivity index (χ3v) is 6.72. The van der Waals surface area contributed by atoms with Crippen molar-refractivity contribution in [1.82, 2.24) is 4.90 Å². The Morgan fingerprint density at radius 1 is 1.17 bits per heavy atom. The first kappa shape index (κ1) is 17.0. The zero-order valence-corrected chi connectivity index (χ0v) is 14.8. The topological polar surface area (TPSA) is 54.5 Å². The van der Waals surface area contributed by atoms with Crippen LogP contribution in [0, 0.1) is 6.92 Å². The third-order valence-electron chi connectivity index (χ3n) is 4.28. The number of rotatable bonds is 3. The molecule has 1 saturated heterocycles. The van der Waals surface area contributed by atoms with E-state index in [1.807, 2.05) is 25.1 Å². The van der Waals surface area contributed by atoms with Crippen molar-refractivity contribution in [2.24, 2.45) is 0 Å².